The quantitative estimate of drug-likeness (QED) is 0.559. The molecule has 2 N–H and O–H groups in total. The second-order valence-corrected chi connectivity index (χ2v) is 9.76. The molecule has 0 aliphatic carbocycles. The van der Waals surface area contributed by atoms with Gasteiger partial charge in [-0.15, -0.1) is 0 Å². The second kappa shape index (κ2) is 9.64. The molecular weight excluding hydrogens is 454 g/mol. The maximum Gasteiger partial charge on any atom is 0.262 e. The number of anilines is 2. The van der Waals surface area contributed by atoms with Gasteiger partial charge >= 0.3 is 0 Å². The van der Waals surface area contributed by atoms with Crippen molar-refractivity contribution in [2.75, 3.05) is 42.9 Å². The highest BCUT2D eigenvalue weighted by atomic mass is 32.2. The van der Waals surface area contributed by atoms with Crippen molar-refractivity contribution in [3.63, 3.8) is 0 Å². The van der Waals surface area contributed by atoms with E-state index < -0.39 is 10.0 Å². The molecule has 1 amide bonds. The number of para-hydroxylation sites is 2. The Bertz CT molecular complexity index is 1280. The number of amides is 1. The summed E-state index contributed by atoms with van der Waals surface area (Å²) in [5, 5.41) is 9.49. The Kier molecular flexibility index (Phi) is 6.65. The average molecular weight is 482 g/mol. The molecule has 4 rings (SSSR count). The summed E-state index contributed by atoms with van der Waals surface area (Å²) in [5.74, 6) is 0.418. The fourth-order valence-corrected chi connectivity index (χ4v) is 5.03. The van der Waals surface area contributed by atoms with E-state index in [0.29, 0.717) is 48.7 Å². The van der Waals surface area contributed by atoms with Gasteiger partial charge < -0.3 is 19.6 Å². The van der Waals surface area contributed by atoms with Crippen LogP contribution in [0.15, 0.2) is 71.6 Å². The van der Waals surface area contributed by atoms with Gasteiger partial charge in [0.05, 0.1) is 17.7 Å². The Morgan fingerprint density at radius 1 is 0.971 bits per heavy atom. The molecule has 1 fully saturated rings. The van der Waals surface area contributed by atoms with Crippen LogP contribution in [0.4, 0.5) is 11.4 Å². The maximum atomic E-state index is 13.3. The lowest BCUT2D eigenvalue weighted by molar-refractivity contribution is 0.0746. The summed E-state index contributed by atoms with van der Waals surface area (Å²) in [5.41, 5.74) is 2.38. The van der Waals surface area contributed by atoms with Gasteiger partial charge in [-0.25, -0.2) is 8.42 Å². The number of sulfonamides is 1. The van der Waals surface area contributed by atoms with E-state index in [0.717, 1.165) is 5.69 Å². The first-order valence-corrected chi connectivity index (χ1v) is 12.4. The number of nitrogens with one attached hydrogen (secondary N) is 1. The topological polar surface area (TPSA) is 99.2 Å². The van der Waals surface area contributed by atoms with Crippen LogP contribution in [0, 0.1) is 6.92 Å². The molecule has 0 unspecified atom stereocenters. The molecule has 0 atom stereocenters. The summed E-state index contributed by atoms with van der Waals surface area (Å²) in [6, 6.07) is 18.3. The van der Waals surface area contributed by atoms with E-state index in [9.17, 15) is 18.3 Å². The minimum absolute atomic E-state index is 0.00934. The average Bonchev–Trinajstić information content (AvgIpc) is 2.84. The predicted molar refractivity (Wildman–Crippen MR) is 131 cm³/mol. The van der Waals surface area contributed by atoms with Crippen LogP contribution in [-0.2, 0) is 10.0 Å². The van der Waals surface area contributed by atoms with Crippen molar-refractivity contribution in [3.8, 4) is 11.5 Å². The lowest BCUT2D eigenvalue weighted by Crippen LogP contribution is -2.49. The maximum absolute atomic E-state index is 13.3. The number of hydrogen-bond acceptors (Lipinski definition) is 6. The zero-order chi connectivity index (χ0) is 24.3. The van der Waals surface area contributed by atoms with Crippen LogP contribution in [0.3, 0.4) is 0 Å². The number of piperazine rings is 1. The summed E-state index contributed by atoms with van der Waals surface area (Å²) in [4.78, 5) is 17.2. The number of methoxy groups -OCH3 is 1. The summed E-state index contributed by atoms with van der Waals surface area (Å²) in [6.45, 7) is 4.10. The van der Waals surface area contributed by atoms with Crippen molar-refractivity contribution in [1.82, 2.24) is 4.90 Å². The molecule has 34 heavy (non-hydrogen) atoms. The Hall–Kier alpha value is -3.72. The summed E-state index contributed by atoms with van der Waals surface area (Å²) in [7, 11) is -2.46. The van der Waals surface area contributed by atoms with E-state index >= 15 is 0 Å². The van der Waals surface area contributed by atoms with Crippen molar-refractivity contribution >= 4 is 27.3 Å². The van der Waals surface area contributed by atoms with Crippen LogP contribution in [0.1, 0.15) is 15.9 Å². The number of phenols is 1. The number of ether oxygens (including phenoxy) is 1. The van der Waals surface area contributed by atoms with Crippen molar-refractivity contribution in [3.05, 3.63) is 77.9 Å². The first-order chi connectivity index (χ1) is 16.3. The van der Waals surface area contributed by atoms with E-state index in [-0.39, 0.29) is 16.6 Å². The second-order valence-electron chi connectivity index (χ2n) is 8.08. The first kappa shape index (κ1) is 23.4. The number of aromatic hydroxyl groups is 1. The largest absolute Gasteiger partial charge is 0.508 e. The van der Waals surface area contributed by atoms with Gasteiger partial charge in [-0.2, -0.15) is 0 Å². The normalized spacial score (nSPS) is 14.1. The first-order valence-electron chi connectivity index (χ1n) is 10.9. The third-order valence-electron chi connectivity index (χ3n) is 5.88. The van der Waals surface area contributed by atoms with Crippen LogP contribution in [0.2, 0.25) is 0 Å². The molecule has 0 aromatic heterocycles. The number of phenolic OH excluding ortho intramolecular Hbond substituents is 1. The van der Waals surface area contributed by atoms with Crippen molar-refractivity contribution in [2.24, 2.45) is 0 Å². The fraction of sp³-hybridized carbons (Fsp3) is 0.240. The van der Waals surface area contributed by atoms with E-state index in [1.165, 1.54) is 19.2 Å². The number of aryl methyl sites for hydroxylation is 1. The van der Waals surface area contributed by atoms with Gasteiger partial charge in [-0.3, -0.25) is 9.52 Å². The number of nitrogens with zero attached hydrogens (tertiary/aromatic N) is 2. The van der Waals surface area contributed by atoms with E-state index in [2.05, 4.69) is 9.62 Å². The summed E-state index contributed by atoms with van der Waals surface area (Å²) >= 11 is 0. The van der Waals surface area contributed by atoms with Crippen LogP contribution in [0.25, 0.3) is 0 Å². The van der Waals surface area contributed by atoms with Crippen LogP contribution in [0.5, 0.6) is 11.5 Å². The Balaban J connectivity index is 1.50. The SMILES string of the molecule is COc1ccccc1NS(=O)(=O)c1ccc(C)c(C(=O)N2CCN(c3ccc(O)cc3)CC2)c1. The number of carbonyl (C=O) groups is 1. The number of carbonyl (C=O) groups excluding carboxylic acids is 1. The molecule has 1 aliphatic rings. The Morgan fingerprint density at radius 3 is 2.32 bits per heavy atom. The standard InChI is InChI=1S/C25H27N3O5S/c1-18-7-12-21(34(31,32)26-23-5-3-4-6-24(23)33-2)17-22(18)25(30)28-15-13-27(14-16-28)19-8-10-20(29)11-9-19/h3-12,17,26,29H,13-16H2,1-2H3. The lowest BCUT2D eigenvalue weighted by Gasteiger charge is -2.36. The zero-order valence-corrected chi connectivity index (χ0v) is 19.9. The molecule has 8 nitrogen and oxygen atoms in total. The molecule has 178 valence electrons. The predicted octanol–water partition coefficient (Wildman–Crippen LogP) is 3.47. The van der Waals surface area contributed by atoms with Crippen molar-refractivity contribution in [1.29, 1.82) is 0 Å². The highest BCUT2D eigenvalue weighted by Gasteiger charge is 2.25. The monoisotopic (exact) mass is 481 g/mol. The van der Waals surface area contributed by atoms with Gasteiger partial charge in [0.25, 0.3) is 15.9 Å². The third-order valence-corrected chi connectivity index (χ3v) is 7.25. The van der Waals surface area contributed by atoms with Gasteiger partial charge in [0.1, 0.15) is 11.5 Å². The van der Waals surface area contributed by atoms with Crippen LogP contribution in [-0.4, -0.2) is 57.6 Å². The Morgan fingerprint density at radius 2 is 1.65 bits per heavy atom. The van der Waals surface area contributed by atoms with E-state index in [4.69, 9.17) is 4.74 Å². The molecule has 0 radical (unpaired) electrons. The molecule has 3 aromatic carbocycles. The molecule has 1 heterocycles. The number of benzene rings is 3. The molecule has 0 spiro atoms. The summed E-state index contributed by atoms with van der Waals surface area (Å²) in [6.07, 6.45) is 0. The van der Waals surface area contributed by atoms with Crippen molar-refractivity contribution in [2.45, 2.75) is 11.8 Å². The van der Waals surface area contributed by atoms with Gasteiger partial charge in [-0.1, -0.05) is 18.2 Å². The lowest BCUT2D eigenvalue weighted by atomic mass is 10.1. The van der Waals surface area contributed by atoms with Gasteiger partial charge in [0.15, 0.2) is 0 Å². The molecular formula is C25H27N3O5S. The molecule has 0 saturated carbocycles. The van der Waals surface area contributed by atoms with Crippen LogP contribution >= 0.6 is 0 Å². The van der Waals surface area contributed by atoms with E-state index in [1.807, 2.05) is 12.1 Å². The molecule has 0 bridgehead atoms. The highest BCUT2D eigenvalue weighted by molar-refractivity contribution is 7.92. The number of hydrogen-bond donors (Lipinski definition) is 2. The smallest absolute Gasteiger partial charge is 0.262 e. The molecule has 3 aromatic rings. The fourth-order valence-electron chi connectivity index (χ4n) is 3.93. The van der Waals surface area contributed by atoms with Gasteiger partial charge in [0, 0.05) is 37.4 Å². The van der Waals surface area contributed by atoms with Crippen molar-refractivity contribution < 1.29 is 23.1 Å². The summed E-state index contributed by atoms with van der Waals surface area (Å²) < 4.78 is 33.9. The molecule has 1 aliphatic heterocycles. The van der Waals surface area contributed by atoms with Gasteiger partial charge in [-0.05, 0) is 61.0 Å². The minimum atomic E-state index is -3.93. The van der Waals surface area contributed by atoms with Crippen LogP contribution < -0.4 is 14.4 Å². The Labute approximate surface area is 199 Å². The molecule has 9 heteroatoms. The van der Waals surface area contributed by atoms with Gasteiger partial charge in [0.2, 0.25) is 0 Å². The third kappa shape index (κ3) is 4.94. The minimum Gasteiger partial charge on any atom is -0.508 e. The highest BCUT2D eigenvalue weighted by Crippen LogP contribution is 2.27. The molecule has 1 saturated heterocycles. The number of rotatable bonds is 6. The van der Waals surface area contributed by atoms with E-state index in [1.54, 1.807) is 54.3 Å². The zero-order valence-electron chi connectivity index (χ0n) is 19.1.